The Morgan fingerprint density at radius 3 is 1.82 bits per heavy atom. The van der Waals surface area contributed by atoms with Gasteiger partial charge in [-0.2, -0.15) is 0 Å². The molecule has 0 aromatic heterocycles. The minimum atomic E-state index is -0.0141. The van der Waals surface area contributed by atoms with Crippen LogP contribution in [-0.2, 0) is 16.2 Å². The zero-order valence-corrected chi connectivity index (χ0v) is 33.4. The Morgan fingerprint density at radius 2 is 1.05 bits per heavy atom. The predicted molar refractivity (Wildman–Crippen MR) is 232 cm³/mol. The van der Waals surface area contributed by atoms with Gasteiger partial charge in [0.25, 0.3) is 0 Å². The van der Waals surface area contributed by atoms with Crippen LogP contribution in [0.3, 0.4) is 0 Å². The number of hydrogen-bond donors (Lipinski definition) is 0. The molecule has 5 aliphatic carbocycles. The number of anilines is 3. The zero-order valence-electron chi connectivity index (χ0n) is 33.4. The Morgan fingerprint density at radius 1 is 0.464 bits per heavy atom. The van der Waals surface area contributed by atoms with Gasteiger partial charge in [-0.05, 0) is 161 Å². The molecule has 0 radical (unpaired) electrons. The lowest BCUT2D eigenvalue weighted by molar-refractivity contribution is -0.0452. The molecule has 2 nitrogen and oxygen atoms in total. The van der Waals surface area contributed by atoms with E-state index in [1.807, 2.05) is 0 Å². The summed E-state index contributed by atoms with van der Waals surface area (Å²) >= 11 is 0. The number of ether oxygens (including phenoxy) is 1. The van der Waals surface area contributed by atoms with Crippen LogP contribution in [0.4, 0.5) is 17.1 Å². The van der Waals surface area contributed by atoms with Crippen molar-refractivity contribution in [2.45, 2.75) is 88.9 Å². The van der Waals surface area contributed by atoms with Gasteiger partial charge in [-0.25, -0.2) is 0 Å². The monoisotopic (exact) mass is 731 g/mol. The zero-order chi connectivity index (χ0) is 37.8. The molecule has 1 spiro atoms. The minimum absolute atomic E-state index is 0.0141. The van der Waals surface area contributed by atoms with Gasteiger partial charge in [-0.15, -0.1) is 0 Å². The van der Waals surface area contributed by atoms with E-state index in [4.69, 9.17) is 4.74 Å². The average Bonchev–Trinajstić information content (AvgIpc) is 3.21. The molecular weight excluding hydrogens is 679 g/mol. The second-order valence-electron chi connectivity index (χ2n) is 19.2. The Bertz CT molecular complexity index is 2440. The van der Waals surface area contributed by atoms with Crippen LogP contribution in [0.15, 0.2) is 140 Å². The predicted octanol–water partition coefficient (Wildman–Crippen LogP) is 14.7. The normalized spacial score (nSPS) is 25.9. The van der Waals surface area contributed by atoms with Crippen molar-refractivity contribution in [1.82, 2.24) is 0 Å². The highest BCUT2D eigenvalue weighted by Gasteiger charge is 2.61. The van der Waals surface area contributed by atoms with Crippen molar-refractivity contribution in [3.05, 3.63) is 162 Å². The molecule has 0 amide bonds. The molecule has 12 rings (SSSR count). The van der Waals surface area contributed by atoms with E-state index < -0.39 is 0 Å². The quantitative estimate of drug-likeness (QED) is 0.175. The van der Waals surface area contributed by atoms with Crippen LogP contribution < -0.4 is 9.64 Å². The molecule has 280 valence electrons. The molecule has 56 heavy (non-hydrogen) atoms. The number of rotatable bonds is 5. The SMILES string of the molecule is CC1(C)CCC(C)(C)c2c(-c3cccc(N(c4ccc(-c5ccccc5)cc4)c4ccc5c(c4)C4(c6ccccc6O5)C5CC6CC(C5)CC4C6)c3)cccc21. The van der Waals surface area contributed by atoms with Crippen molar-refractivity contribution in [1.29, 1.82) is 0 Å². The van der Waals surface area contributed by atoms with E-state index in [9.17, 15) is 0 Å². The maximum atomic E-state index is 6.87. The summed E-state index contributed by atoms with van der Waals surface area (Å²) in [7, 11) is 0. The fraction of sp³-hybridized carbons (Fsp3) is 0.333. The first-order valence-electron chi connectivity index (χ1n) is 21.3. The molecule has 4 bridgehead atoms. The van der Waals surface area contributed by atoms with E-state index in [2.05, 4.69) is 172 Å². The second kappa shape index (κ2) is 12.5. The maximum absolute atomic E-state index is 6.87. The van der Waals surface area contributed by atoms with Gasteiger partial charge in [-0.3, -0.25) is 0 Å². The van der Waals surface area contributed by atoms with Crippen molar-refractivity contribution >= 4 is 17.1 Å². The van der Waals surface area contributed by atoms with Crippen molar-refractivity contribution in [3.8, 4) is 33.8 Å². The van der Waals surface area contributed by atoms with E-state index in [-0.39, 0.29) is 16.2 Å². The van der Waals surface area contributed by atoms with Crippen LogP contribution in [0.5, 0.6) is 11.5 Å². The molecular formula is C54H53NO. The average molecular weight is 732 g/mol. The number of hydrogen-bond acceptors (Lipinski definition) is 2. The molecule has 4 saturated carbocycles. The van der Waals surface area contributed by atoms with E-state index in [0.717, 1.165) is 29.0 Å². The lowest BCUT2D eigenvalue weighted by Gasteiger charge is -2.63. The molecule has 2 heteroatoms. The van der Waals surface area contributed by atoms with Crippen LogP contribution >= 0.6 is 0 Å². The minimum Gasteiger partial charge on any atom is -0.457 e. The van der Waals surface area contributed by atoms with Gasteiger partial charge in [0.1, 0.15) is 11.5 Å². The van der Waals surface area contributed by atoms with Crippen LogP contribution in [-0.4, -0.2) is 0 Å². The summed E-state index contributed by atoms with van der Waals surface area (Å²) in [5, 5.41) is 0. The lowest BCUT2D eigenvalue weighted by Crippen LogP contribution is -2.57. The standard InChI is InChI=1S/C54H53NO/c1-52(2)26-27-53(3,4)51-45(16-11-18-47(51)52)39-14-10-15-43(33-39)55(42-22-20-38(21-23-42)37-12-6-5-7-13-37)44-24-25-50-48(34-44)54(46-17-8-9-19-49(46)56-50)40-29-35-28-36(31-40)32-41(54)30-35/h5-25,33-36,40-41H,26-32H2,1-4H3. The third-order valence-corrected chi connectivity index (χ3v) is 15.1. The summed E-state index contributed by atoms with van der Waals surface area (Å²) in [5.41, 5.74) is 14.7. The lowest BCUT2D eigenvalue weighted by atomic mass is 9.42. The first kappa shape index (κ1) is 34.2. The first-order valence-corrected chi connectivity index (χ1v) is 21.3. The molecule has 1 heterocycles. The van der Waals surface area contributed by atoms with E-state index in [1.165, 1.54) is 101 Å². The van der Waals surface area contributed by atoms with Crippen molar-refractivity contribution in [2.24, 2.45) is 23.7 Å². The van der Waals surface area contributed by atoms with E-state index >= 15 is 0 Å². The van der Waals surface area contributed by atoms with Crippen molar-refractivity contribution < 1.29 is 4.74 Å². The highest BCUT2D eigenvalue weighted by molar-refractivity contribution is 5.83. The Balaban J connectivity index is 1.09. The Labute approximate surface area is 333 Å². The van der Waals surface area contributed by atoms with E-state index in [1.54, 1.807) is 0 Å². The molecule has 6 aliphatic rings. The number of para-hydroxylation sites is 1. The van der Waals surface area contributed by atoms with Crippen LogP contribution in [0.1, 0.15) is 94.9 Å². The summed E-state index contributed by atoms with van der Waals surface area (Å²) in [6, 6.07) is 52.5. The Kier molecular flexibility index (Phi) is 7.61. The summed E-state index contributed by atoms with van der Waals surface area (Å²) in [6.07, 6.45) is 9.20. The van der Waals surface area contributed by atoms with Crippen molar-refractivity contribution in [3.63, 3.8) is 0 Å². The summed E-state index contributed by atoms with van der Waals surface area (Å²) in [5.74, 6) is 5.18. The molecule has 0 N–H and O–H groups in total. The number of nitrogens with zero attached hydrogens (tertiary/aromatic N) is 1. The highest BCUT2D eigenvalue weighted by atomic mass is 16.5. The van der Waals surface area contributed by atoms with Crippen LogP contribution in [0.25, 0.3) is 22.3 Å². The van der Waals surface area contributed by atoms with E-state index in [0.29, 0.717) is 11.8 Å². The van der Waals surface area contributed by atoms with Gasteiger partial charge in [0.2, 0.25) is 0 Å². The van der Waals surface area contributed by atoms with Gasteiger partial charge >= 0.3 is 0 Å². The third kappa shape index (κ3) is 5.13. The largest absolute Gasteiger partial charge is 0.457 e. The fourth-order valence-corrected chi connectivity index (χ4v) is 12.7. The van der Waals surface area contributed by atoms with Crippen LogP contribution in [0.2, 0.25) is 0 Å². The Hall–Kier alpha value is -5.08. The van der Waals surface area contributed by atoms with Crippen LogP contribution in [0, 0.1) is 23.7 Å². The molecule has 4 fully saturated rings. The number of benzene rings is 6. The van der Waals surface area contributed by atoms with Gasteiger partial charge in [0.05, 0.1) is 0 Å². The molecule has 1 aliphatic heterocycles. The highest BCUT2D eigenvalue weighted by Crippen LogP contribution is 2.69. The molecule has 6 aromatic rings. The van der Waals surface area contributed by atoms with Gasteiger partial charge < -0.3 is 9.64 Å². The smallest absolute Gasteiger partial charge is 0.131 e. The second-order valence-corrected chi connectivity index (χ2v) is 19.2. The first-order chi connectivity index (χ1) is 27.2. The number of fused-ring (bicyclic) bond motifs is 3. The molecule has 0 saturated heterocycles. The van der Waals surface area contributed by atoms with Gasteiger partial charge in [-0.1, -0.05) is 119 Å². The summed E-state index contributed by atoms with van der Waals surface area (Å²) in [4.78, 5) is 2.51. The molecule has 0 unspecified atom stereocenters. The fourth-order valence-electron chi connectivity index (χ4n) is 12.7. The maximum Gasteiger partial charge on any atom is 0.131 e. The van der Waals surface area contributed by atoms with Crippen molar-refractivity contribution in [2.75, 3.05) is 4.90 Å². The molecule has 6 aromatic carbocycles. The third-order valence-electron chi connectivity index (χ3n) is 15.1. The summed E-state index contributed by atoms with van der Waals surface area (Å²) < 4.78 is 6.87. The topological polar surface area (TPSA) is 12.5 Å². The molecule has 0 atom stereocenters. The van der Waals surface area contributed by atoms with Gasteiger partial charge in [0.15, 0.2) is 0 Å². The van der Waals surface area contributed by atoms with Gasteiger partial charge in [0, 0.05) is 33.6 Å². The summed E-state index contributed by atoms with van der Waals surface area (Å²) in [6.45, 7) is 9.75.